The van der Waals surface area contributed by atoms with Gasteiger partial charge < -0.3 is 5.32 Å². The van der Waals surface area contributed by atoms with Gasteiger partial charge in [-0.15, -0.1) is 11.3 Å². The quantitative estimate of drug-likeness (QED) is 0.886. The zero-order chi connectivity index (χ0) is 14.2. The Bertz CT molecular complexity index is 754. The molecule has 0 spiro atoms. The summed E-state index contributed by atoms with van der Waals surface area (Å²) in [5.41, 5.74) is 3.70. The van der Waals surface area contributed by atoms with Crippen molar-refractivity contribution in [1.29, 1.82) is 0 Å². The molecule has 0 unspecified atom stereocenters. The van der Waals surface area contributed by atoms with Crippen molar-refractivity contribution in [2.24, 2.45) is 0 Å². The van der Waals surface area contributed by atoms with E-state index >= 15 is 0 Å². The minimum absolute atomic E-state index is 0.120. The summed E-state index contributed by atoms with van der Waals surface area (Å²) in [4.78, 5) is 15.4. The molecule has 0 atom stereocenters. The van der Waals surface area contributed by atoms with Gasteiger partial charge in [-0.05, 0) is 23.8 Å². The Balaban J connectivity index is 1.81. The molecule has 0 saturated carbocycles. The molecule has 0 fully saturated rings. The molecule has 1 aromatic carbocycles. The predicted octanol–water partition coefficient (Wildman–Crippen LogP) is 1.12. The van der Waals surface area contributed by atoms with Crippen molar-refractivity contribution in [2.45, 2.75) is 17.9 Å². The molecule has 20 heavy (non-hydrogen) atoms. The number of rotatable bonds is 4. The van der Waals surface area contributed by atoms with E-state index in [0.29, 0.717) is 16.9 Å². The van der Waals surface area contributed by atoms with Crippen molar-refractivity contribution in [1.82, 2.24) is 9.71 Å². The third kappa shape index (κ3) is 2.58. The Morgan fingerprint density at radius 1 is 1.40 bits per heavy atom. The van der Waals surface area contributed by atoms with Crippen molar-refractivity contribution in [3.05, 3.63) is 40.3 Å². The van der Waals surface area contributed by atoms with E-state index in [1.165, 1.54) is 23.5 Å². The van der Waals surface area contributed by atoms with Crippen LogP contribution in [0.1, 0.15) is 11.3 Å². The summed E-state index contributed by atoms with van der Waals surface area (Å²) >= 11 is 1.41. The van der Waals surface area contributed by atoms with Crippen LogP contribution in [0.25, 0.3) is 0 Å². The molecule has 8 heteroatoms. The highest BCUT2D eigenvalue weighted by Crippen LogP contribution is 2.25. The molecule has 1 amide bonds. The van der Waals surface area contributed by atoms with Gasteiger partial charge in [-0.1, -0.05) is 0 Å². The zero-order valence-corrected chi connectivity index (χ0v) is 11.9. The van der Waals surface area contributed by atoms with E-state index in [1.807, 2.05) is 0 Å². The number of fused-ring (bicyclic) bond motifs is 1. The van der Waals surface area contributed by atoms with Gasteiger partial charge in [0.2, 0.25) is 15.9 Å². The number of thiazole rings is 1. The first-order chi connectivity index (χ1) is 9.54. The van der Waals surface area contributed by atoms with Crippen LogP contribution in [-0.2, 0) is 27.8 Å². The number of anilines is 1. The maximum absolute atomic E-state index is 12.2. The number of carbonyl (C=O) groups excluding carboxylic acids is 1. The van der Waals surface area contributed by atoms with E-state index in [1.54, 1.807) is 17.0 Å². The second-order valence-corrected chi connectivity index (χ2v) is 6.83. The zero-order valence-electron chi connectivity index (χ0n) is 10.3. The van der Waals surface area contributed by atoms with E-state index in [4.69, 9.17) is 0 Å². The Morgan fingerprint density at radius 2 is 2.25 bits per heavy atom. The first kappa shape index (κ1) is 13.2. The molecule has 0 saturated heterocycles. The van der Waals surface area contributed by atoms with Crippen molar-refractivity contribution >= 4 is 33.0 Å². The number of hydrogen-bond acceptors (Lipinski definition) is 5. The van der Waals surface area contributed by atoms with Crippen LogP contribution < -0.4 is 10.0 Å². The summed E-state index contributed by atoms with van der Waals surface area (Å²) in [6.45, 7) is 0.153. The third-order valence-electron chi connectivity index (χ3n) is 2.94. The van der Waals surface area contributed by atoms with Gasteiger partial charge in [0.15, 0.2) is 0 Å². The number of amides is 1. The van der Waals surface area contributed by atoms with E-state index in [-0.39, 0.29) is 23.8 Å². The predicted molar refractivity (Wildman–Crippen MR) is 74.9 cm³/mol. The molecule has 6 nitrogen and oxygen atoms in total. The second kappa shape index (κ2) is 4.97. The van der Waals surface area contributed by atoms with E-state index in [2.05, 4.69) is 15.0 Å². The lowest BCUT2D eigenvalue weighted by Crippen LogP contribution is -2.23. The highest BCUT2D eigenvalue weighted by molar-refractivity contribution is 7.89. The monoisotopic (exact) mass is 309 g/mol. The van der Waals surface area contributed by atoms with Crippen LogP contribution in [0.4, 0.5) is 5.69 Å². The van der Waals surface area contributed by atoms with Crippen molar-refractivity contribution in [3.8, 4) is 0 Å². The first-order valence-corrected chi connectivity index (χ1v) is 8.27. The maximum Gasteiger partial charge on any atom is 0.240 e. The Hall–Kier alpha value is -1.77. The number of aromatic nitrogens is 1. The fourth-order valence-electron chi connectivity index (χ4n) is 1.95. The van der Waals surface area contributed by atoms with Crippen LogP contribution in [0.15, 0.2) is 34.0 Å². The number of hydrogen-bond donors (Lipinski definition) is 2. The SMILES string of the molecule is O=C1Cc2cc(S(=O)(=O)NCc3cscn3)ccc2N1. The van der Waals surface area contributed by atoms with Gasteiger partial charge >= 0.3 is 0 Å². The average molecular weight is 309 g/mol. The summed E-state index contributed by atoms with van der Waals surface area (Å²) in [5.74, 6) is -0.120. The molecule has 3 rings (SSSR count). The number of nitrogens with zero attached hydrogens (tertiary/aromatic N) is 1. The fraction of sp³-hybridized carbons (Fsp3) is 0.167. The molecule has 1 aliphatic rings. The van der Waals surface area contributed by atoms with Crippen molar-refractivity contribution in [3.63, 3.8) is 0 Å². The number of nitrogens with one attached hydrogen (secondary N) is 2. The van der Waals surface area contributed by atoms with Gasteiger partial charge in [-0.3, -0.25) is 4.79 Å². The van der Waals surface area contributed by atoms with E-state index in [9.17, 15) is 13.2 Å². The number of benzene rings is 1. The smallest absolute Gasteiger partial charge is 0.240 e. The average Bonchev–Trinajstić information content (AvgIpc) is 3.03. The summed E-state index contributed by atoms with van der Waals surface area (Å²) < 4.78 is 26.8. The van der Waals surface area contributed by atoms with E-state index < -0.39 is 10.0 Å². The lowest BCUT2D eigenvalue weighted by atomic mass is 10.2. The topological polar surface area (TPSA) is 88.2 Å². The molecule has 0 radical (unpaired) electrons. The molecule has 1 aliphatic heterocycles. The molecule has 2 aromatic rings. The van der Waals surface area contributed by atoms with E-state index in [0.717, 1.165) is 0 Å². The highest BCUT2D eigenvalue weighted by atomic mass is 32.2. The molecule has 2 heterocycles. The van der Waals surface area contributed by atoms with Crippen molar-refractivity contribution in [2.75, 3.05) is 5.32 Å². The van der Waals surface area contributed by atoms with Crippen LogP contribution in [0.3, 0.4) is 0 Å². The highest BCUT2D eigenvalue weighted by Gasteiger charge is 2.21. The van der Waals surface area contributed by atoms with Crippen LogP contribution in [0.2, 0.25) is 0 Å². The van der Waals surface area contributed by atoms with Crippen LogP contribution in [0, 0.1) is 0 Å². The largest absolute Gasteiger partial charge is 0.326 e. The van der Waals surface area contributed by atoms with Gasteiger partial charge in [0, 0.05) is 11.1 Å². The first-order valence-electron chi connectivity index (χ1n) is 5.84. The van der Waals surface area contributed by atoms with Crippen molar-refractivity contribution < 1.29 is 13.2 Å². The molecule has 0 aliphatic carbocycles. The van der Waals surface area contributed by atoms with Gasteiger partial charge in [-0.25, -0.2) is 18.1 Å². The summed E-state index contributed by atoms with van der Waals surface area (Å²) in [5, 5.41) is 4.45. The molecular weight excluding hydrogens is 298 g/mol. The Labute approximate surface area is 119 Å². The van der Waals surface area contributed by atoms with Crippen LogP contribution in [0.5, 0.6) is 0 Å². The van der Waals surface area contributed by atoms with Crippen LogP contribution >= 0.6 is 11.3 Å². The molecule has 2 N–H and O–H groups in total. The molecular formula is C12H11N3O3S2. The fourth-order valence-corrected chi connectivity index (χ4v) is 3.56. The molecule has 0 bridgehead atoms. The van der Waals surface area contributed by atoms with Gasteiger partial charge in [0.25, 0.3) is 0 Å². The number of sulfonamides is 1. The lowest BCUT2D eigenvalue weighted by Gasteiger charge is -2.07. The summed E-state index contributed by atoms with van der Waals surface area (Å²) in [6.07, 6.45) is 0.213. The minimum atomic E-state index is -3.60. The lowest BCUT2D eigenvalue weighted by molar-refractivity contribution is -0.115. The number of carbonyl (C=O) groups is 1. The van der Waals surface area contributed by atoms with Crippen LogP contribution in [-0.4, -0.2) is 19.3 Å². The standard InChI is InChI=1S/C12H11N3O3S2/c16-12-4-8-3-10(1-2-11(8)15-12)20(17,18)14-5-9-6-19-7-13-9/h1-3,6-7,14H,4-5H2,(H,15,16). The van der Waals surface area contributed by atoms with Gasteiger partial charge in [0.1, 0.15) is 0 Å². The summed E-state index contributed by atoms with van der Waals surface area (Å²) in [7, 11) is -3.60. The Kier molecular flexibility index (Phi) is 3.28. The second-order valence-electron chi connectivity index (χ2n) is 4.35. The Morgan fingerprint density at radius 3 is 3.00 bits per heavy atom. The summed E-state index contributed by atoms with van der Waals surface area (Å²) in [6, 6.07) is 4.61. The minimum Gasteiger partial charge on any atom is -0.326 e. The maximum atomic E-state index is 12.2. The third-order valence-corrected chi connectivity index (χ3v) is 4.97. The molecule has 1 aromatic heterocycles. The van der Waals surface area contributed by atoms with Gasteiger partial charge in [-0.2, -0.15) is 0 Å². The molecule has 104 valence electrons. The van der Waals surface area contributed by atoms with Gasteiger partial charge in [0.05, 0.1) is 29.1 Å². The normalized spacial score (nSPS) is 14.1.